The van der Waals surface area contributed by atoms with Crippen LogP contribution in [0, 0.1) is 17.8 Å². The van der Waals surface area contributed by atoms with Crippen molar-refractivity contribution in [2.75, 3.05) is 13.2 Å². The number of unbranched alkanes of at least 4 members (excludes halogenated alkanes) is 39. The third-order valence-corrected chi connectivity index (χ3v) is 14.4. The van der Waals surface area contributed by atoms with Gasteiger partial charge in [0.1, 0.15) is 13.2 Å². The maximum atomic E-state index is 12.9. The molecule has 0 N–H and O–H groups in total. The summed E-state index contributed by atoms with van der Waals surface area (Å²) in [5, 5.41) is 0. The van der Waals surface area contributed by atoms with E-state index in [-0.39, 0.29) is 31.1 Å². The fourth-order valence-electron chi connectivity index (χ4n) is 9.71. The van der Waals surface area contributed by atoms with Crippen molar-refractivity contribution in [3.8, 4) is 0 Å². The van der Waals surface area contributed by atoms with Crippen LogP contribution in [-0.2, 0) is 28.6 Å². The molecule has 0 saturated carbocycles. The fraction of sp³-hybridized carbons (Fsp3) is 0.952. The van der Waals surface area contributed by atoms with Gasteiger partial charge in [0.05, 0.1) is 0 Å². The molecule has 6 nitrogen and oxygen atoms in total. The van der Waals surface area contributed by atoms with Crippen LogP contribution in [-0.4, -0.2) is 37.2 Å². The van der Waals surface area contributed by atoms with Gasteiger partial charge in [-0.2, -0.15) is 0 Å². The van der Waals surface area contributed by atoms with Crippen molar-refractivity contribution in [2.24, 2.45) is 17.8 Å². The van der Waals surface area contributed by atoms with E-state index in [0.717, 1.165) is 75.5 Å². The van der Waals surface area contributed by atoms with E-state index < -0.39 is 6.10 Å². The highest BCUT2D eigenvalue weighted by molar-refractivity contribution is 5.71. The second kappa shape index (κ2) is 54.2. The third-order valence-electron chi connectivity index (χ3n) is 14.4. The second-order valence-electron chi connectivity index (χ2n) is 23.1. The second-order valence-corrected chi connectivity index (χ2v) is 23.1. The number of carbonyl (C=O) groups excluding carboxylic acids is 3. The molecule has 0 radical (unpaired) electrons. The standard InChI is InChI=1S/C63H122O6/c1-57(2)49-43-37-31-25-19-13-8-7-9-16-22-28-34-40-46-52-61(64)67-55-60(69-63(66)54-48-42-36-30-24-18-12-15-21-27-33-39-45-51-59(5)6)56-68-62(65)53-47-41-35-29-23-17-11-10-14-20-26-32-38-44-50-58(3)4/h57-60H,7-56H2,1-6H3/t60-/m0/s1. The van der Waals surface area contributed by atoms with Crippen molar-refractivity contribution >= 4 is 17.9 Å². The topological polar surface area (TPSA) is 78.9 Å². The highest BCUT2D eigenvalue weighted by Gasteiger charge is 2.19. The largest absolute Gasteiger partial charge is 0.462 e. The molecule has 69 heavy (non-hydrogen) atoms. The summed E-state index contributed by atoms with van der Waals surface area (Å²) in [5.41, 5.74) is 0. The van der Waals surface area contributed by atoms with Crippen LogP contribution in [0.1, 0.15) is 350 Å². The SMILES string of the molecule is CC(C)CCCCCCCCCCCCCCCCCC(=O)OC[C@@H](COC(=O)CCCCCCCCCCCCCCCCC(C)C)OC(=O)CCCCCCCCCCCCCCCC(C)C. The molecule has 0 heterocycles. The summed E-state index contributed by atoms with van der Waals surface area (Å²) in [6, 6.07) is 0. The lowest BCUT2D eigenvalue weighted by Gasteiger charge is -2.18. The Morgan fingerprint density at radius 2 is 0.420 bits per heavy atom. The Balaban J connectivity index is 4.30. The lowest BCUT2D eigenvalue weighted by Crippen LogP contribution is -2.30. The summed E-state index contributed by atoms with van der Waals surface area (Å²) in [6.07, 6.45) is 58.1. The van der Waals surface area contributed by atoms with E-state index in [2.05, 4.69) is 41.5 Å². The van der Waals surface area contributed by atoms with Gasteiger partial charge in [0.2, 0.25) is 0 Å². The smallest absolute Gasteiger partial charge is 0.306 e. The monoisotopic (exact) mass is 975 g/mol. The van der Waals surface area contributed by atoms with E-state index in [9.17, 15) is 14.4 Å². The van der Waals surface area contributed by atoms with Crippen LogP contribution >= 0.6 is 0 Å². The number of esters is 3. The molecule has 0 saturated heterocycles. The summed E-state index contributed by atoms with van der Waals surface area (Å²) in [6.45, 7) is 13.8. The van der Waals surface area contributed by atoms with Crippen LogP contribution in [0.5, 0.6) is 0 Å². The number of hydrogen-bond acceptors (Lipinski definition) is 6. The Morgan fingerprint density at radius 1 is 0.246 bits per heavy atom. The highest BCUT2D eigenvalue weighted by Crippen LogP contribution is 2.19. The Kier molecular flexibility index (Phi) is 52.9. The summed E-state index contributed by atoms with van der Waals surface area (Å²) >= 11 is 0. The molecular formula is C63H122O6. The normalized spacial score (nSPS) is 12.1. The minimum Gasteiger partial charge on any atom is -0.462 e. The molecule has 0 aromatic heterocycles. The van der Waals surface area contributed by atoms with E-state index in [1.54, 1.807) is 0 Å². The van der Waals surface area contributed by atoms with Crippen LogP contribution in [0.15, 0.2) is 0 Å². The zero-order valence-electron chi connectivity index (χ0n) is 47.6. The van der Waals surface area contributed by atoms with Gasteiger partial charge < -0.3 is 14.2 Å². The van der Waals surface area contributed by atoms with Crippen molar-refractivity contribution in [3.63, 3.8) is 0 Å². The van der Waals surface area contributed by atoms with Gasteiger partial charge in [-0.3, -0.25) is 14.4 Å². The van der Waals surface area contributed by atoms with Crippen molar-refractivity contribution in [2.45, 2.75) is 356 Å². The Labute approximate surface area is 431 Å². The Morgan fingerprint density at radius 3 is 0.623 bits per heavy atom. The minimum absolute atomic E-state index is 0.0628. The molecule has 0 aromatic rings. The van der Waals surface area contributed by atoms with Crippen molar-refractivity contribution in [3.05, 3.63) is 0 Å². The number of rotatable bonds is 56. The minimum atomic E-state index is -0.764. The predicted molar refractivity (Wildman–Crippen MR) is 298 cm³/mol. The van der Waals surface area contributed by atoms with Gasteiger partial charge in [-0.15, -0.1) is 0 Å². The maximum Gasteiger partial charge on any atom is 0.306 e. The molecule has 410 valence electrons. The molecule has 0 aliphatic carbocycles. The van der Waals surface area contributed by atoms with Crippen molar-refractivity contribution in [1.29, 1.82) is 0 Å². The van der Waals surface area contributed by atoms with Crippen LogP contribution in [0.3, 0.4) is 0 Å². The number of carbonyl (C=O) groups is 3. The van der Waals surface area contributed by atoms with Gasteiger partial charge in [-0.1, -0.05) is 311 Å². The van der Waals surface area contributed by atoms with Gasteiger partial charge in [-0.05, 0) is 37.0 Å². The van der Waals surface area contributed by atoms with Crippen LogP contribution in [0.2, 0.25) is 0 Å². The van der Waals surface area contributed by atoms with Gasteiger partial charge >= 0.3 is 17.9 Å². The van der Waals surface area contributed by atoms with E-state index in [1.165, 1.54) is 231 Å². The van der Waals surface area contributed by atoms with E-state index >= 15 is 0 Å². The van der Waals surface area contributed by atoms with E-state index in [4.69, 9.17) is 14.2 Å². The molecule has 0 aliphatic heterocycles. The zero-order valence-corrected chi connectivity index (χ0v) is 47.6. The fourth-order valence-corrected chi connectivity index (χ4v) is 9.71. The first kappa shape index (κ1) is 67.4. The Hall–Kier alpha value is -1.59. The third kappa shape index (κ3) is 57.2. The molecular weight excluding hydrogens is 853 g/mol. The number of ether oxygens (including phenoxy) is 3. The molecule has 0 spiro atoms. The summed E-state index contributed by atoms with van der Waals surface area (Å²) in [5.74, 6) is 1.69. The van der Waals surface area contributed by atoms with E-state index in [1.807, 2.05) is 0 Å². The molecule has 0 unspecified atom stereocenters. The summed E-state index contributed by atoms with van der Waals surface area (Å²) in [7, 11) is 0. The molecule has 0 aromatic carbocycles. The lowest BCUT2D eigenvalue weighted by molar-refractivity contribution is -0.167. The first-order chi connectivity index (χ1) is 33.6. The molecule has 0 amide bonds. The Bertz CT molecular complexity index is 1070. The molecule has 0 rings (SSSR count). The van der Waals surface area contributed by atoms with Crippen molar-refractivity contribution in [1.82, 2.24) is 0 Å². The van der Waals surface area contributed by atoms with Crippen molar-refractivity contribution < 1.29 is 28.6 Å². The lowest BCUT2D eigenvalue weighted by atomic mass is 10.0. The number of hydrogen-bond donors (Lipinski definition) is 0. The first-order valence-electron chi connectivity index (χ1n) is 31.1. The quantitative estimate of drug-likeness (QED) is 0.0343. The van der Waals surface area contributed by atoms with E-state index in [0.29, 0.717) is 19.3 Å². The first-order valence-corrected chi connectivity index (χ1v) is 31.1. The highest BCUT2D eigenvalue weighted by atomic mass is 16.6. The summed E-state index contributed by atoms with van der Waals surface area (Å²) in [4.78, 5) is 38.3. The van der Waals surface area contributed by atoms with Crippen LogP contribution < -0.4 is 0 Å². The van der Waals surface area contributed by atoms with Gasteiger partial charge in [0.15, 0.2) is 6.10 Å². The molecule has 0 bridgehead atoms. The zero-order chi connectivity index (χ0) is 50.5. The van der Waals surface area contributed by atoms with Gasteiger partial charge in [-0.25, -0.2) is 0 Å². The van der Waals surface area contributed by atoms with Gasteiger partial charge in [0, 0.05) is 19.3 Å². The molecule has 6 heteroatoms. The summed E-state index contributed by atoms with van der Waals surface area (Å²) < 4.78 is 16.9. The average Bonchev–Trinajstić information content (AvgIpc) is 3.31. The molecule has 0 aliphatic rings. The molecule has 0 fully saturated rings. The average molecular weight is 976 g/mol. The van der Waals surface area contributed by atoms with Gasteiger partial charge in [0.25, 0.3) is 0 Å². The van der Waals surface area contributed by atoms with Crippen LogP contribution in [0.25, 0.3) is 0 Å². The predicted octanol–water partition coefficient (Wildman–Crippen LogP) is 20.7. The van der Waals surface area contributed by atoms with Crippen LogP contribution in [0.4, 0.5) is 0 Å². The maximum absolute atomic E-state index is 12.9. The molecule has 1 atom stereocenters.